The third-order valence-electron chi connectivity index (χ3n) is 8.63. The van der Waals surface area contributed by atoms with Crippen molar-refractivity contribution in [2.24, 2.45) is 5.92 Å². The summed E-state index contributed by atoms with van der Waals surface area (Å²) in [5.74, 6) is -6.98. The quantitative estimate of drug-likeness (QED) is 0.304. The molecule has 0 saturated carbocycles. The second kappa shape index (κ2) is 13.7. The van der Waals surface area contributed by atoms with Crippen molar-refractivity contribution in [1.82, 2.24) is 15.5 Å². The van der Waals surface area contributed by atoms with Crippen molar-refractivity contribution in [2.75, 3.05) is 20.3 Å². The number of ether oxygens (including phenoxy) is 2. The van der Waals surface area contributed by atoms with Gasteiger partial charge >= 0.3 is 18.0 Å². The molecule has 242 valence electrons. The summed E-state index contributed by atoms with van der Waals surface area (Å²) in [5, 5.41) is 4.75. The van der Waals surface area contributed by atoms with Gasteiger partial charge in [-0.15, -0.1) is 0 Å². The van der Waals surface area contributed by atoms with Crippen LogP contribution >= 0.6 is 0 Å². The molecule has 1 fully saturated rings. The molecule has 0 aromatic heterocycles. The second-order valence-corrected chi connectivity index (χ2v) is 11.8. The fourth-order valence-electron chi connectivity index (χ4n) is 6.24. The van der Waals surface area contributed by atoms with Crippen LogP contribution in [0.2, 0.25) is 0 Å². The van der Waals surface area contributed by atoms with Crippen molar-refractivity contribution < 1.29 is 37.4 Å². The Morgan fingerprint density at radius 2 is 1.48 bits per heavy atom. The summed E-state index contributed by atoms with van der Waals surface area (Å²) in [6, 6.07) is 17.6. The van der Waals surface area contributed by atoms with Gasteiger partial charge in [-0.3, -0.25) is 9.59 Å². The van der Waals surface area contributed by atoms with E-state index in [4.69, 9.17) is 9.47 Å². The van der Waals surface area contributed by atoms with Gasteiger partial charge in [0.25, 0.3) is 5.91 Å². The number of fused-ring (bicyclic) bond motifs is 3. The maximum Gasteiger partial charge on any atom is 0.408 e. The number of hydrogen-bond acceptors (Lipinski definition) is 6. The van der Waals surface area contributed by atoms with Crippen molar-refractivity contribution >= 4 is 23.9 Å². The topological polar surface area (TPSA) is 114 Å². The summed E-state index contributed by atoms with van der Waals surface area (Å²) >= 11 is 0. The molecule has 0 spiro atoms. The highest BCUT2D eigenvalue weighted by Gasteiger charge is 2.51. The van der Waals surface area contributed by atoms with Gasteiger partial charge in [0, 0.05) is 18.0 Å². The van der Waals surface area contributed by atoms with E-state index < -0.39 is 53.5 Å². The van der Waals surface area contributed by atoms with Crippen LogP contribution in [0.3, 0.4) is 0 Å². The average Bonchev–Trinajstić information content (AvgIpc) is 3.68. The summed E-state index contributed by atoms with van der Waals surface area (Å²) in [6.45, 7) is 3.30. The molecule has 3 amide bonds. The van der Waals surface area contributed by atoms with Gasteiger partial charge in [-0.1, -0.05) is 92.7 Å². The largest absolute Gasteiger partial charge is 0.467 e. The smallest absolute Gasteiger partial charge is 0.408 e. The van der Waals surface area contributed by atoms with Gasteiger partial charge in [0.1, 0.15) is 18.7 Å². The van der Waals surface area contributed by atoms with E-state index in [1.54, 1.807) is 19.9 Å². The molecule has 46 heavy (non-hydrogen) atoms. The molecule has 5 rings (SSSR count). The molecule has 1 heterocycles. The predicted molar refractivity (Wildman–Crippen MR) is 166 cm³/mol. The lowest BCUT2D eigenvalue weighted by atomic mass is 9.98. The molecule has 1 saturated heterocycles. The molecular formula is C35H37F2N3O6. The number of carbonyl (C=O) groups excluding carboxylic acids is 4. The summed E-state index contributed by atoms with van der Waals surface area (Å²) in [7, 11) is 1.19. The maximum atomic E-state index is 16.1. The van der Waals surface area contributed by atoms with Gasteiger partial charge in [-0.2, -0.15) is 8.78 Å². The van der Waals surface area contributed by atoms with Crippen molar-refractivity contribution in [1.29, 1.82) is 0 Å². The van der Waals surface area contributed by atoms with Crippen LogP contribution in [0.4, 0.5) is 13.6 Å². The SMILES string of the molecule is COC(=O)[C@@H](NC(=O)[C@@H]1CCCN1C(=O)[C@H](NC(=O)OCC1c2ccccc2-c2ccccc21)C(F)(F)c1ccccc1)C(C)C. The molecule has 1 aliphatic carbocycles. The van der Waals surface area contributed by atoms with Gasteiger partial charge in [-0.25, -0.2) is 9.59 Å². The minimum absolute atomic E-state index is 0.00916. The number of esters is 1. The highest BCUT2D eigenvalue weighted by molar-refractivity contribution is 5.94. The zero-order valence-electron chi connectivity index (χ0n) is 25.9. The van der Waals surface area contributed by atoms with Crippen LogP contribution in [0.25, 0.3) is 11.1 Å². The first-order chi connectivity index (χ1) is 22.0. The molecule has 0 unspecified atom stereocenters. The van der Waals surface area contributed by atoms with Crippen molar-refractivity contribution in [3.05, 3.63) is 95.6 Å². The lowest BCUT2D eigenvalue weighted by Crippen LogP contribution is -2.60. The minimum atomic E-state index is -3.86. The Morgan fingerprint density at radius 3 is 2.07 bits per heavy atom. The van der Waals surface area contributed by atoms with E-state index in [1.807, 2.05) is 48.5 Å². The lowest BCUT2D eigenvalue weighted by molar-refractivity contribution is -0.151. The Kier molecular flexibility index (Phi) is 9.69. The summed E-state index contributed by atoms with van der Waals surface area (Å²) in [4.78, 5) is 53.7. The molecule has 2 aliphatic rings. The number of methoxy groups -OCH3 is 1. The number of benzene rings is 3. The number of alkyl carbamates (subject to hydrolysis) is 1. The Labute approximate surface area is 266 Å². The zero-order valence-corrected chi connectivity index (χ0v) is 25.9. The molecular weight excluding hydrogens is 596 g/mol. The standard InChI is InChI=1S/C35H37F2N3O6/c1-21(2)29(33(43)45-3)38-31(41)28-18-11-19-40(28)32(42)30(35(36,37)22-12-5-4-6-13-22)39-34(44)46-20-27-25-16-9-7-14-23(25)24-15-8-10-17-26(24)27/h4-10,12-17,21,27-30H,11,18-20H2,1-3H3,(H,38,41)(H,39,44)/t28-,29-,30-/m0/s1. The van der Waals surface area contributed by atoms with Crippen molar-refractivity contribution in [3.8, 4) is 11.1 Å². The molecule has 3 atom stereocenters. The first-order valence-corrected chi connectivity index (χ1v) is 15.3. The molecule has 0 radical (unpaired) electrons. The van der Waals surface area contributed by atoms with Gasteiger partial charge in [0.2, 0.25) is 5.91 Å². The van der Waals surface area contributed by atoms with E-state index >= 15 is 8.78 Å². The van der Waals surface area contributed by atoms with Crippen LogP contribution < -0.4 is 10.6 Å². The number of rotatable bonds is 10. The summed E-state index contributed by atoms with van der Waals surface area (Å²) < 4.78 is 42.6. The monoisotopic (exact) mass is 633 g/mol. The van der Waals surface area contributed by atoms with Crippen LogP contribution in [-0.2, 0) is 29.8 Å². The first kappa shape index (κ1) is 32.6. The van der Waals surface area contributed by atoms with Crippen LogP contribution in [0, 0.1) is 5.92 Å². The van der Waals surface area contributed by atoms with E-state index in [0.717, 1.165) is 39.3 Å². The molecule has 0 bridgehead atoms. The zero-order chi connectivity index (χ0) is 33.0. The predicted octanol–water partition coefficient (Wildman–Crippen LogP) is 4.99. The number of halogens is 2. The number of amides is 3. The third kappa shape index (κ3) is 6.45. The normalized spacial score (nSPS) is 17.1. The molecule has 3 aromatic rings. The first-order valence-electron chi connectivity index (χ1n) is 15.3. The maximum absolute atomic E-state index is 16.1. The van der Waals surface area contributed by atoms with E-state index in [0.29, 0.717) is 6.42 Å². The van der Waals surface area contributed by atoms with Gasteiger partial charge in [0.05, 0.1) is 7.11 Å². The number of nitrogens with zero attached hydrogens (tertiary/aromatic N) is 1. The number of nitrogens with one attached hydrogen (secondary N) is 2. The van der Waals surface area contributed by atoms with Crippen molar-refractivity contribution in [2.45, 2.75) is 56.7 Å². The van der Waals surface area contributed by atoms with Crippen LogP contribution in [-0.4, -0.2) is 67.2 Å². The summed E-state index contributed by atoms with van der Waals surface area (Å²) in [6.07, 6.45) is -0.636. The highest BCUT2D eigenvalue weighted by Crippen LogP contribution is 2.44. The molecule has 9 nitrogen and oxygen atoms in total. The average molecular weight is 634 g/mol. The van der Waals surface area contributed by atoms with Crippen molar-refractivity contribution in [3.63, 3.8) is 0 Å². The van der Waals surface area contributed by atoms with Gasteiger partial charge < -0.3 is 25.0 Å². The minimum Gasteiger partial charge on any atom is -0.467 e. The number of hydrogen-bond donors (Lipinski definition) is 2. The fourth-order valence-corrected chi connectivity index (χ4v) is 6.24. The number of alkyl halides is 2. The Balaban J connectivity index is 1.37. The van der Waals surface area contributed by atoms with E-state index in [2.05, 4.69) is 10.6 Å². The van der Waals surface area contributed by atoms with E-state index in [9.17, 15) is 19.2 Å². The van der Waals surface area contributed by atoms with Crippen LogP contribution in [0.15, 0.2) is 78.9 Å². The Morgan fingerprint density at radius 1 is 0.891 bits per heavy atom. The molecule has 3 aromatic carbocycles. The van der Waals surface area contributed by atoms with Crippen LogP contribution in [0.1, 0.15) is 49.3 Å². The lowest BCUT2D eigenvalue weighted by Gasteiger charge is -2.33. The van der Waals surface area contributed by atoms with E-state index in [1.165, 1.54) is 19.2 Å². The second-order valence-electron chi connectivity index (χ2n) is 11.8. The summed E-state index contributed by atoms with van der Waals surface area (Å²) in [5.41, 5.74) is 3.40. The van der Waals surface area contributed by atoms with Gasteiger partial charge in [0.15, 0.2) is 6.04 Å². The van der Waals surface area contributed by atoms with E-state index in [-0.39, 0.29) is 31.4 Å². The third-order valence-corrected chi connectivity index (χ3v) is 8.63. The Bertz CT molecular complexity index is 1550. The van der Waals surface area contributed by atoms with Crippen LogP contribution in [0.5, 0.6) is 0 Å². The number of carbonyl (C=O) groups is 4. The highest BCUT2D eigenvalue weighted by atomic mass is 19.3. The Hall–Kier alpha value is -4.80. The number of likely N-dealkylation sites (tertiary alicyclic amines) is 1. The molecule has 11 heteroatoms. The molecule has 1 aliphatic heterocycles. The van der Waals surface area contributed by atoms with Gasteiger partial charge in [-0.05, 0) is 41.0 Å². The molecule has 2 N–H and O–H groups in total. The fraction of sp³-hybridized carbons (Fsp3) is 0.371.